The first-order valence-corrected chi connectivity index (χ1v) is 4.95. The van der Waals surface area contributed by atoms with E-state index in [1.807, 2.05) is 28.7 Å². The van der Waals surface area contributed by atoms with Crippen LogP contribution in [0.3, 0.4) is 0 Å². The van der Waals surface area contributed by atoms with Crippen molar-refractivity contribution in [2.24, 2.45) is 0 Å². The fourth-order valence-electron chi connectivity index (χ4n) is 1.13. The summed E-state index contributed by atoms with van der Waals surface area (Å²) in [6.45, 7) is 1.66. The Labute approximate surface area is 94.1 Å². The van der Waals surface area contributed by atoms with Crippen LogP contribution < -0.4 is 0 Å². The molecule has 74 valence electrons. The highest BCUT2D eigenvalue weighted by molar-refractivity contribution is 14.1. The number of halogens is 3. The first-order chi connectivity index (χ1) is 6.56. The smallest absolute Gasteiger partial charge is 0.247 e. The summed E-state index contributed by atoms with van der Waals surface area (Å²) in [7, 11) is 0. The standard InChI is InChI=1S/C9H7F2IN2/c1-5-4-7(8(10)11)6(2-3-13)9(12)14-5/h4,8H,2H2,1H3. The van der Waals surface area contributed by atoms with Gasteiger partial charge in [0.2, 0.25) is 0 Å². The number of nitrogens with zero attached hydrogens (tertiary/aromatic N) is 2. The van der Waals surface area contributed by atoms with Crippen molar-refractivity contribution in [3.63, 3.8) is 0 Å². The van der Waals surface area contributed by atoms with Crippen LogP contribution in [0.5, 0.6) is 0 Å². The lowest BCUT2D eigenvalue weighted by Gasteiger charge is -2.08. The summed E-state index contributed by atoms with van der Waals surface area (Å²) in [5, 5.41) is 8.49. The summed E-state index contributed by atoms with van der Waals surface area (Å²) in [6.07, 6.45) is -2.57. The van der Waals surface area contributed by atoms with Gasteiger partial charge in [-0.3, -0.25) is 0 Å². The molecule has 1 aromatic heterocycles. The zero-order valence-electron chi connectivity index (χ0n) is 7.39. The number of aromatic nitrogens is 1. The molecule has 0 saturated carbocycles. The van der Waals surface area contributed by atoms with Crippen LogP contribution in [0.1, 0.15) is 23.2 Å². The molecule has 2 nitrogen and oxygen atoms in total. The van der Waals surface area contributed by atoms with Crippen LogP contribution >= 0.6 is 22.6 Å². The van der Waals surface area contributed by atoms with Gasteiger partial charge in [-0.05, 0) is 35.6 Å². The van der Waals surface area contributed by atoms with Gasteiger partial charge in [0.05, 0.1) is 12.5 Å². The third-order valence-corrected chi connectivity index (χ3v) is 2.62. The van der Waals surface area contributed by atoms with Crippen LogP contribution in [0.15, 0.2) is 6.07 Å². The summed E-state index contributed by atoms with van der Waals surface area (Å²) in [6, 6.07) is 3.19. The molecule has 0 aliphatic rings. The molecule has 14 heavy (non-hydrogen) atoms. The van der Waals surface area contributed by atoms with Crippen LogP contribution in [-0.2, 0) is 6.42 Å². The van der Waals surface area contributed by atoms with Gasteiger partial charge in [-0.1, -0.05) is 0 Å². The molecule has 0 N–H and O–H groups in total. The lowest BCUT2D eigenvalue weighted by molar-refractivity contribution is 0.150. The molecule has 1 heterocycles. The molecular weight excluding hydrogens is 301 g/mol. The van der Waals surface area contributed by atoms with Gasteiger partial charge >= 0.3 is 0 Å². The topological polar surface area (TPSA) is 36.7 Å². The SMILES string of the molecule is Cc1cc(C(F)F)c(CC#N)c(I)n1. The Kier molecular flexibility index (Phi) is 3.75. The quantitative estimate of drug-likeness (QED) is 0.622. The van der Waals surface area contributed by atoms with Gasteiger partial charge in [0.1, 0.15) is 3.70 Å². The molecular formula is C9H7F2IN2. The fraction of sp³-hybridized carbons (Fsp3) is 0.333. The van der Waals surface area contributed by atoms with E-state index in [-0.39, 0.29) is 12.0 Å². The zero-order chi connectivity index (χ0) is 10.7. The zero-order valence-corrected chi connectivity index (χ0v) is 9.55. The van der Waals surface area contributed by atoms with Gasteiger partial charge in [0, 0.05) is 16.8 Å². The molecule has 0 amide bonds. The summed E-state index contributed by atoms with van der Waals surface area (Å²) in [5.74, 6) is 0. The predicted octanol–water partition coefficient (Wildman–Crippen LogP) is 3.00. The second-order valence-electron chi connectivity index (χ2n) is 2.76. The summed E-state index contributed by atoms with van der Waals surface area (Å²) in [4.78, 5) is 4.04. The molecule has 0 atom stereocenters. The highest BCUT2D eigenvalue weighted by Gasteiger charge is 2.16. The molecule has 0 fully saturated rings. The van der Waals surface area contributed by atoms with Crippen LogP contribution in [0.4, 0.5) is 8.78 Å². The summed E-state index contributed by atoms with van der Waals surface area (Å²) in [5.41, 5.74) is 0.809. The van der Waals surface area contributed by atoms with Crippen LogP contribution in [0, 0.1) is 22.0 Å². The van der Waals surface area contributed by atoms with Crippen molar-refractivity contribution in [3.05, 3.63) is 26.6 Å². The normalized spacial score (nSPS) is 10.3. The van der Waals surface area contributed by atoms with Gasteiger partial charge in [-0.25, -0.2) is 13.8 Å². The second kappa shape index (κ2) is 4.64. The van der Waals surface area contributed by atoms with E-state index in [1.54, 1.807) is 6.92 Å². The van der Waals surface area contributed by atoms with E-state index < -0.39 is 6.43 Å². The third-order valence-electron chi connectivity index (χ3n) is 1.73. The maximum Gasteiger partial charge on any atom is 0.264 e. The minimum atomic E-state index is -2.55. The van der Waals surface area contributed by atoms with Crippen LogP contribution in [-0.4, -0.2) is 4.98 Å². The van der Waals surface area contributed by atoms with Crippen molar-refractivity contribution in [3.8, 4) is 6.07 Å². The Balaban J connectivity index is 3.30. The number of alkyl halides is 2. The first-order valence-electron chi connectivity index (χ1n) is 3.87. The second-order valence-corrected chi connectivity index (χ2v) is 3.78. The predicted molar refractivity (Wildman–Crippen MR) is 56.0 cm³/mol. The molecule has 0 saturated heterocycles. The Morgan fingerprint density at radius 3 is 2.79 bits per heavy atom. The van der Waals surface area contributed by atoms with Crippen LogP contribution in [0.25, 0.3) is 0 Å². The highest BCUT2D eigenvalue weighted by atomic mass is 127. The van der Waals surface area contributed by atoms with Crippen molar-refractivity contribution in [2.75, 3.05) is 0 Å². The highest BCUT2D eigenvalue weighted by Crippen LogP contribution is 2.26. The van der Waals surface area contributed by atoms with E-state index in [0.29, 0.717) is 15.0 Å². The molecule has 0 aliphatic heterocycles. The largest absolute Gasteiger partial charge is 0.264 e. The molecule has 0 aromatic carbocycles. The molecule has 0 spiro atoms. The fourth-order valence-corrected chi connectivity index (χ4v) is 2.02. The number of rotatable bonds is 2. The number of aryl methyl sites for hydroxylation is 1. The first kappa shape index (κ1) is 11.3. The Bertz CT molecular complexity index is 385. The summed E-state index contributed by atoms with van der Waals surface area (Å²) >= 11 is 1.87. The van der Waals surface area contributed by atoms with Crippen molar-refractivity contribution in [1.29, 1.82) is 5.26 Å². The molecule has 0 bridgehead atoms. The van der Waals surface area contributed by atoms with Crippen LogP contribution in [0.2, 0.25) is 0 Å². The van der Waals surface area contributed by atoms with Gasteiger partial charge in [0.25, 0.3) is 6.43 Å². The molecule has 0 aliphatic carbocycles. The third kappa shape index (κ3) is 2.38. The van der Waals surface area contributed by atoms with Crippen molar-refractivity contribution in [1.82, 2.24) is 4.98 Å². The molecule has 0 unspecified atom stereocenters. The average molecular weight is 308 g/mol. The molecule has 1 aromatic rings. The van der Waals surface area contributed by atoms with E-state index in [1.165, 1.54) is 6.07 Å². The van der Waals surface area contributed by atoms with Gasteiger partial charge in [-0.2, -0.15) is 5.26 Å². The van der Waals surface area contributed by atoms with Crippen molar-refractivity contribution < 1.29 is 8.78 Å². The Hall–Kier alpha value is -0.770. The van der Waals surface area contributed by atoms with Crippen molar-refractivity contribution >= 4 is 22.6 Å². The summed E-state index contributed by atoms with van der Waals surface area (Å²) < 4.78 is 25.6. The molecule has 0 radical (unpaired) electrons. The lowest BCUT2D eigenvalue weighted by atomic mass is 10.1. The monoisotopic (exact) mass is 308 g/mol. The molecule has 5 heteroatoms. The number of hydrogen-bond acceptors (Lipinski definition) is 2. The lowest BCUT2D eigenvalue weighted by Crippen LogP contribution is -2.01. The minimum absolute atomic E-state index is 0.0226. The number of pyridine rings is 1. The Morgan fingerprint density at radius 1 is 1.64 bits per heavy atom. The van der Waals surface area contributed by atoms with E-state index in [2.05, 4.69) is 4.98 Å². The maximum atomic E-state index is 12.6. The van der Waals surface area contributed by atoms with E-state index in [9.17, 15) is 8.78 Å². The van der Waals surface area contributed by atoms with Crippen molar-refractivity contribution in [2.45, 2.75) is 19.8 Å². The minimum Gasteiger partial charge on any atom is -0.247 e. The number of hydrogen-bond donors (Lipinski definition) is 0. The molecule has 1 rings (SSSR count). The van der Waals surface area contributed by atoms with Gasteiger partial charge in [0.15, 0.2) is 0 Å². The maximum absolute atomic E-state index is 12.6. The Morgan fingerprint density at radius 2 is 2.29 bits per heavy atom. The van der Waals surface area contributed by atoms with E-state index in [0.717, 1.165) is 0 Å². The van der Waals surface area contributed by atoms with Gasteiger partial charge in [-0.15, -0.1) is 0 Å². The number of nitriles is 1. The van der Waals surface area contributed by atoms with Gasteiger partial charge < -0.3 is 0 Å². The van der Waals surface area contributed by atoms with E-state index >= 15 is 0 Å². The average Bonchev–Trinajstić information content (AvgIpc) is 2.09. The van der Waals surface area contributed by atoms with E-state index in [4.69, 9.17) is 5.26 Å².